The second-order valence-electron chi connectivity index (χ2n) is 14.8. The first-order valence-corrected chi connectivity index (χ1v) is 21.0. The molecule has 11 rings (SSSR count). The highest BCUT2D eigenvalue weighted by molar-refractivity contribution is 7.79. The third-order valence-corrected chi connectivity index (χ3v) is 14.3. The Morgan fingerprint density at radius 1 is 0.386 bits per heavy atom. The van der Waals surface area contributed by atoms with Gasteiger partial charge < -0.3 is 4.57 Å². The van der Waals surface area contributed by atoms with Crippen LogP contribution >= 0.6 is 7.92 Å². The Labute approximate surface area is 334 Å². The maximum absolute atomic E-state index is 2.54. The lowest BCUT2D eigenvalue weighted by molar-refractivity contribution is 0.769. The Bertz CT molecular complexity index is 2950. The fraction of sp³-hybridized carbons (Fsp3) is 0.0182. The summed E-state index contributed by atoms with van der Waals surface area (Å²) in [6, 6.07) is 85.4. The highest BCUT2D eigenvalue weighted by Crippen LogP contribution is 2.60. The SMILES string of the molecule is c1ccc(-n2c3ccccc3c3c4c(cc(-c5ccc(P(c6ccccc6)c6ccccc6)cc5)c32)C(c2ccccc2)(c2ccccc2)c2ccccc2-4)cc1. The molecule has 57 heavy (non-hydrogen) atoms. The van der Waals surface area contributed by atoms with E-state index in [4.69, 9.17) is 0 Å². The molecule has 0 amide bonds. The first kappa shape index (κ1) is 33.5. The van der Waals surface area contributed by atoms with Crippen LogP contribution in [0.4, 0.5) is 0 Å². The Balaban J connectivity index is 1.27. The summed E-state index contributed by atoms with van der Waals surface area (Å²) >= 11 is 0. The van der Waals surface area contributed by atoms with Gasteiger partial charge >= 0.3 is 0 Å². The summed E-state index contributed by atoms with van der Waals surface area (Å²) in [5.41, 5.74) is 13.3. The van der Waals surface area contributed by atoms with Gasteiger partial charge in [-0.2, -0.15) is 0 Å². The van der Waals surface area contributed by atoms with Gasteiger partial charge in [-0.25, -0.2) is 0 Å². The van der Waals surface area contributed by atoms with E-state index in [-0.39, 0.29) is 0 Å². The molecule has 0 N–H and O–H groups in total. The molecule has 1 heterocycles. The van der Waals surface area contributed by atoms with Gasteiger partial charge in [-0.3, -0.25) is 0 Å². The number of para-hydroxylation sites is 2. The zero-order valence-corrected chi connectivity index (χ0v) is 32.2. The standard InChI is InChI=1S/C55H38NP/c1-6-20-40(21-7-1)55(41-22-8-2-9-23-41)49-32-18-16-30-46(49)52-50(55)38-48(54-53(52)47-31-17-19-33-51(47)56(54)42-24-10-3-11-25-42)39-34-36-45(37-35-39)57(43-26-12-4-13-27-43)44-28-14-5-15-29-44/h1-38H. The van der Waals surface area contributed by atoms with Crippen LogP contribution in [0.1, 0.15) is 22.3 Å². The summed E-state index contributed by atoms with van der Waals surface area (Å²) in [6.07, 6.45) is 0. The zero-order chi connectivity index (χ0) is 37.8. The predicted octanol–water partition coefficient (Wildman–Crippen LogP) is 12.6. The molecule has 1 nitrogen and oxygen atoms in total. The van der Waals surface area contributed by atoms with Gasteiger partial charge in [-0.15, -0.1) is 0 Å². The van der Waals surface area contributed by atoms with Crippen molar-refractivity contribution in [2.45, 2.75) is 5.41 Å². The third kappa shape index (κ3) is 5.20. The third-order valence-electron chi connectivity index (χ3n) is 11.8. The minimum absolute atomic E-state index is 0.526. The topological polar surface area (TPSA) is 4.93 Å². The number of benzene rings is 9. The molecule has 0 atom stereocenters. The van der Waals surface area contributed by atoms with E-state index in [0.717, 1.165) is 5.69 Å². The number of hydrogen-bond acceptors (Lipinski definition) is 0. The van der Waals surface area contributed by atoms with Crippen molar-refractivity contribution < 1.29 is 0 Å². The average molecular weight is 744 g/mol. The van der Waals surface area contributed by atoms with Crippen molar-refractivity contribution in [1.82, 2.24) is 4.57 Å². The average Bonchev–Trinajstić information content (AvgIpc) is 3.79. The largest absolute Gasteiger partial charge is 0.309 e. The zero-order valence-electron chi connectivity index (χ0n) is 31.3. The minimum Gasteiger partial charge on any atom is -0.309 e. The summed E-state index contributed by atoms with van der Waals surface area (Å²) in [5, 5.41) is 6.59. The van der Waals surface area contributed by atoms with Crippen molar-refractivity contribution in [3.63, 3.8) is 0 Å². The van der Waals surface area contributed by atoms with Crippen LogP contribution < -0.4 is 15.9 Å². The van der Waals surface area contributed by atoms with E-state index in [9.17, 15) is 0 Å². The number of fused-ring (bicyclic) bond motifs is 7. The van der Waals surface area contributed by atoms with Crippen molar-refractivity contribution in [3.05, 3.63) is 253 Å². The molecule has 268 valence electrons. The van der Waals surface area contributed by atoms with Crippen LogP contribution in [0.5, 0.6) is 0 Å². The van der Waals surface area contributed by atoms with Crippen molar-refractivity contribution >= 4 is 45.6 Å². The van der Waals surface area contributed by atoms with E-state index < -0.39 is 13.3 Å². The van der Waals surface area contributed by atoms with Crippen LogP contribution in [0.2, 0.25) is 0 Å². The van der Waals surface area contributed by atoms with Gasteiger partial charge in [-0.05, 0) is 87.0 Å². The fourth-order valence-corrected chi connectivity index (χ4v) is 11.8. The van der Waals surface area contributed by atoms with Gasteiger partial charge in [0.15, 0.2) is 0 Å². The fourth-order valence-electron chi connectivity index (χ4n) is 9.54. The first-order chi connectivity index (χ1) is 28.3. The Morgan fingerprint density at radius 2 is 0.877 bits per heavy atom. The van der Waals surface area contributed by atoms with Crippen LogP contribution in [-0.4, -0.2) is 4.57 Å². The molecule has 0 spiro atoms. The molecule has 0 saturated carbocycles. The Kier molecular flexibility index (Phi) is 8.09. The van der Waals surface area contributed by atoms with Crippen molar-refractivity contribution in [2.24, 2.45) is 0 Å². The van der Waals surface area contributed by atoms with Gasteiger partial charge in [0.2, 0.25) is 0 Å². The van der Waals surface area contributed by atoms with E-state index >= 15 is 0 Å². The van der Waals surface area contributed by atoms with Crippen LogP contribution in [0.15, 0.2) is 231 Å². The molecule has 0 radical (unpaired) electrons. The molecule has 0 saturated heterocycles. The summed E-state index contributed by atoms with van der Waals surface area (Å²) < 4.78 is 2.50. The first-order valence-electron chi connectivity index (χ1n) is 19.7. The molecule has 0 unspecified atom stereocenters. The van der Waals surface area contributed by atoms with E-state index in [1.54, 1.807) is 0 Å². The molecule has 1 aliphatic rings. The van der Waals surface area contributed by atoms with Gasteiger partial charge in [0.25, 0.3) is 0 Å². The monoisotopic (exact) mass is 743 g/mol. The molecular weight excluding hydrogens is 706 g/mol. The second kappa shape index (κ2) is 13.7. The minimum atomic E-state index is -0.738. The molecule has 1 aromatic heterocycles. The molecule has 10 aromatic rings. The molecule has 0 aliphatic heterocycles. The quantitative estimate of drug-likeness (QED) is 0.143. The Morgan fingerprint density at radius 3 is 1.49 bits per heavy atom. The van der Waals surface area contributed by atoms with Gasteiger partial charge in [0.1, 0.15) is 0 Å². The smallest absolute Gasteiger partial charge is 0.0714 e. The maximum atomic E-state index is 2.54. The molecule has 0 fully saturated rings. The van der Waals surface area contributed by atoms with Gasteiger partial charge in [0.05, 0.1) is 16.4 Å². The summed E-state index contributed by atoms with van der Waals surface area (Å²) in [6.45, 7) is 0. The molecule has 0 bridgehead atoms. The predicted molar refractivity (Wildman–Crippen MR) is 242 cm³/mol. The molecule has 1 aliphatic carbocycles. The lowest BCUT2D eigenvalue weighted by Gasteiger charge is -2.34. The van der Waals surface area contributed by atoms with Crippen LogP contribution in [0, 0.1) is 0 Å². The van der Waals surface area contributed by atoms with Gasteiger partial charge in [0, 0.05) is 22.0 Å². The van der Waals surface area contributed by atoms with Crippen molar-refractivity contribution in [3.8, 4) is 27.9 Å². The van der Waals surface area contributed by atoms with Crippen molar-refractivity contribution in [1.29, 1.82) is 0 Å². The second-order valence-corrected chi connectivity index (χ2v) is 17.1. The lowest BCUT2D eigenvalue weighted by atomic mass is 9.67. The summed E-state index contributed by atoms with van der Waals surface area (Å²) in [5.74, 6) is 0. The summed E-state index contributed by atoms with van der Waals surface area (Å²) in [4.78, 5) is 0. The number of hydrogen-bond donors (Lipinski definition) is 0. The normalized spacial score (nSPS) is 12.9. The maximum Gasteiger partial charge on any atom is 0.0714 e. The molecule has 9 aromatic carbocycles. The summed E-state index contributed by atoms with van der Waals surface area (Å²) in [7, 11) is -0.738. The number of nitrogens with zero attached hydrogens (tertiary/aromatic N) is 1. The van der Waals surface area contributed by atoms with E-state index in [1.165, 1.54) is 82.2 Å². The van der Waals surface area contributed by atoms with Crippen LogP contribution in [0.25, 0.3) is 49.7 Å². The van der Waals surface area contributed by atoms with Crippen LogP contribution in [0.3, 0.4) is 0 Å². The van der Waals surface area contributed by atoms with Crippen molar-refractivity contribution in [2.75, 3.05) is 0 Å². The number of aromatic nitrogens is 1. The highest BCUT2D eigenvalue weighted by atomic mass is 31.1. The van der Waals surface area contributed by atoms with E-state index in [1.807, 2.05) is 0 Å². The molecular formula is C55H38NP. The molecule has 2 heteroatoms. The highest BCUT2D eigenvalue weighted by Gasteiger charge is 2.47. The van der Waals surface area contributed by atoms with Crippen LogP contribution in [-0.2, 0) is 5.41 Å². The Hall–Kier alpha value is -6.79. The lowest BCUT2D eigenvalue weighted by Crippen LogP contribution is -2.28. The van der Waals surface area contributed by atoms with Gasteiger partial charge in [-0.1, -0.05) is 206 Å². The number of rotatable bonds is 7. The van der Waals surface area contributed by atoms with E-state index in [2.05, 4.69) is 235 Å². The van der Waals surface area contributed by atoms with E-state index in [0.29, 0.717) is 0 Å².